The molecule has 0 amide bonds. The molecule has 1 saturated heterocycles. The average molecular weight is 275 g/mol. The third-order valence-electron chi connectivity index (χ3n) is 3.29. The molecule has 0 aromatic heterocycles. The van der Waals surface area contributed by atoms with Crippen molar-refractivity contribution in [2.45, 2.75) is 51.4 Å². The van der Waals surface area contributed by atoms with E-state index in [-0.39, 0.29) is 6.10 Å². The molecule has 1 aliphatic rings. The van der Waals surface area contributed by atoms with E-state index in [4.69, 9.17) is 9.47 Å². The summed E-state index contributed by atoms with van der Waals surface area (Å²) >= 11 is 0. The molecule has 0 aliphatic carbocycles. The van der Waals surface area contributed by atoms with Crippen LogP contribution in [-0.2, 0) is 9.47 Å². The summed E-state index contributed by atoms with van der Waals surface area (Å²) < 4.78 is 10.7. The van der Waals surface area contributed by atoms with Gasteiger partial charge in [0.2, 0.25) is 0 Å². The van der Waals surface area contributed by atoms with E-state index in [2.05, 4.69) is 19.2 Å². The summed E-state index contributed by atoms with van der Waals surface area (Å²) in [5.74, 6) is 0.599. The van der Waals surface area contributed by atoms with Crippen LogP contribution in [0, 0.1) is 5.92 Å². The summed E-state index contributed by atoms with van der Waals surface area (Å²) in [6.45, 7) is 8.52. The summed E-state index contributed by atoms with van der Waals surface area (Å²) in [5, 5.41) is 22.9. The van der Waals surface area contributed by atoms with E-state index in [9.17, 15) is 10.2 Å². The molecular formula is C14H29NO4. The van der Waals surface area contributed by atoms with Crippen LogP contribution in [-0.4, -0.2) is 60.9 Å². The Morgan fingerprint density at radius 2 is 2.11 bits per heavy atom. The predicted molar refractivity (Wildman–Crippen MR) is 74.1 cm³/mol. The second-order valence-electron chi connectivity index (χ2n) is 6.09. The maximum Gasteiger partial charge on any atom is 0.102 e. The highest BCUT2D eigenvalue weighted by Crippen LogP contribution is 2.16. The van der Waals surface area contributed by atoms with Crippen molar-refractivity contribution in [3.63, 3.8) is 0 Å². The van der Waals surface area contributed by atoms with Crippen molar-refractivity contribution in [3.05, 3.63) is 0 Å². The van der Waals surface area contributed by atoms with Gasteiger partial charge in [-0.1, -0.05) is 13.8 Å². The zero-order valence-corrected chi connectivity index (χ0v) is 12.4. The van der Waals surface area contributed by atoms with Gasteiger partial charge in [0, 0.05) is 26.1 Å². The summed E-state index contributed by atoms with van der Waals surface area (Å²) in [6, 6.07) is 0. The average Bonchev–Trinajstić information content (AvgIpc) is 2.73. The molecule has 1 heterocycles. The van der Waals surface area contributed by atoms with Gasteiger partial charge < -0.3 is 25.0 Å². The Kier molecular flexibility index (Phi) is 7.25. The Morgan fingerprint density at radius 1 is 1.37 bits per heavy atom. The first-order valence-electron chi connectivity index (χ1n) is 7.22. The number of rotatable bonds is 9. The Labute approximate surface area is 116 Å². The van der Waals surface area contributed by atoms with Crippen LogP contribution in [0.2, 0.25) is 0 Å². The van der Waals surface area contributed by atoms with Crippen LogP contribution in [0.15, 0.2) is 0 Å². The van der Waals surface area contributed by atoms with Crippen molar-refractivity contribution in [2.75, 3.05) is 32.9 Å². The number of hydrogen-bond donors (Lipinski definition) is 3. The normalized spacial score (nSPS) is 26.8. The third-order valence-corrected chi connectivity index (χ3v) is 3.29. The molecule has 3 unspecified atom stereocenters. The van der Waals surface area contributed by atoms with Gasteiger partial charge in [0.05, 0.1) is 25.4 Å². The van der Waals surface area contributed by atoms with Gasteiger partial charge in [-0.2, -0.15) is 0 Å². The second kappa shape index (κ2) is 8.17. The van der Waals surface area contributed by atoms with Crippen molar-refractivity contribution in [2.24, 2.45) is 5.92 Å². The van der Waals surface area contributed by atoms with Gasteiger partial charge in [-0.05, 0) is 19.3 Å². The fourth-order valence-electron chi connectivity index (χ4n) is 2.27. The summed E-state index contributed by atoms with van der Waals surface area (Å²) in [4.78, 5) is 0. The smallest absolute Gasteiger partial charge is 0.102 e. The molecule has 0 aromatic carbocycles. The molecule has 5 nitrogen and oxygen atoms in total. The first-order valence-corrected chi connectivity index (χ1v) is 7.22. The maximum atomic E-state index is 10.0. The van der Waals surface area contributed by atoms with Gasteiger partial charge in [0.1, 0.15) is 5.60 Å². The molecule has 3 atom stereocenters. The Hall–Kier alpha value is -0.200. The van der Waals surface area contributed by atoms with Crippen LogP contribution >= 0.6 is 0 Å². The number of aliphatic hydroxyl groups excluding tert-OH is 1. The minimum absolute atomic E-state index is 0.169. The lowest BCUT2D eigenvalue weighted by atomic mass is 10.0. The largest absolute Gasteiger partial charge is 0.389 e. The van der Waals surface area contributed by atoms with Gasteiger partial charge in [-0.25, -0.2) is 0 Å². The molecular weight excluding hydrogens is 246 g/mol. The third kappa shape index (κ3) is 7.22. The molecule has 1 aliphatic heterocycles. The van der Waals surface area contributed by atoms with E-state index in [0.29, 0.717) is 45.2 Å². The zero-order chi connectivity index (χ0) is 14.3. The lowest BCUT2D eigenvalue weighted by molar-refractivity contribution is -0.0133. The fraction of sp³-hybridized carbons (Fsp3) is 1.00. The first kappa shape index (κ1) is 16.9. The number of ether oxygens (including phenoxy) is 2. The molecule has 3 N–H and O–H groups in total. The van der Waals surface area contributed by atoms with Gasteiger partial charge in [-0.3, -0.25) is 0 Å². The van der Waals surface area contributed by atoms with Crippen LogP contribution < -0.4 is 5.32 Å². The lowest BCUT2D eigenvalue weighted by Crippen LogP contribution is -2.44. The van der Waals surface area contributed by atoms with Crippen molar-refractivity contribution >= 4 is 0 Å². The highest BCUT2D eigenvalue weighted by atomic mass is 16.5. The monoisotopic (exact) mass is 275 g/mol. The fourth-order valence-corrected chi connectivity index (χ4v) is 2.27. The molecule has 5 heteroatoms. The Balaban J connectivity index is 2.06. The molecule has 1 rings (SSSR count). The number of nitrogens with one attached hydrogen (secondary N) is 1. The zero-order valence-electron chi connectivity index (χ0n) is 12.4. The van der Waals surface area contributed by atoms with E-state index in [1.165, 1.54) is 0 Å². The van der Waals surface area contributed by atoms with Crippen LogP contribution in [0.3, 0.4) is 0 Å². The van der Waals surface area contributed by atoms with E-state index >= 15 is 0 Å². The number of aliphatic hydroxyl groups is 2. The summed E-state index contributed by atoms with van der Waals surface area (Å²) in [6.07, 6.45) is 1.28. The molecule has 0 saturated carbocycles. The quantitative estimate of drug-likeness (QED) is 0.573. The maximum absolute atomic E-state index is 10.0. The summed E-state index contributed by atoms with van der Waals surface area (Å²) in [5.41, 5.74) is -0.772. The lowest BCUT2D eigenvalue weighted by Gasteiger charge is -2.22. The highest BCUT2D eigenvalue weighted by molar-refractivity contribution is 4.85. The standard InChI is InChI=1S/C14H29NO4/c1-11(2)6-12(3)19-8-13(16)7-15-9-14(17)4-5-18-10-14/h11-13,15-17H,4-10H2,1-3H3. The first-order chi connectivity index (χ1) is 8.91. The molecule has 0 radical (unpaired) electrons. The van der Waals surface area contributed by atoms with E-state index in [0.717, 1.165) is 6.42 Å². The van der Waals surface area contributed by atoms with Crippen molar-refractivity contribution in [1.29, 1.82) is 0 Å². The van der Waals surface area contributed by atoms with Gasteiger partial charge in [0.15, 0.2) is 0 Å². The van der Waals surface area contributed by atoms with E-state index < -0.39 is 11.7 Å². The summed E-state index contributed by atoms with van der Waals surface area (Å²) in [7, 11) is 0. The molecule has 0 aromatic rings. The second-order valence-corrected chi connectivity index (χ2v) is 6.09. The van der Waals surface area contributed by atoms with Crippen LogP contribution in [0.1, 0.15) is 33.6 Å². The van der Waals surface area contributed by atoms with Crippen molar-refractivity contribution in [1.82, 2.24) is 5.32 Å². The van der Waals surface area contributed by atoms with E-state index in [1.807, 2.05) is 6.92 Å². The minimum Gasteiger partial charge on any atom is -0.389 e. The predicted octanol–water partition coefficient (Wildman–Crippen LogP) is 0.539. The van der Waals surface area contributed by atoms with Crippen LogP contribution in [0.25, 0.3) is 0 Å². The van der Waals surface area contributed by atoms with Crippen LogP contribution in [0.4, 0.5) is 0 Å². The molecule has 19 heavy (non-hydrogen) atoms. The van der Waals surface area contributed by atoms with Gasteiger partial charge in [-0.15, -0.1) is 0 Å². The SMILES string of the molecule is CC(C)CC(C)OCC(O)CNCC1(O)CCOC1. The molecule has 0 spiro atoms. The van der Waals surface area contributed by atoms with Gasteiger partial charge >= 0.3 is 0 Å². The van der Waals surface area contributed by atoms with E-state index in [1.54, 1.807) is 0 Å². The highest BCUT2D eigenvalue weighted by Gasteiger charge is 2.31. The van der Waals surface area contributed by atoms with Crippen LogP contribution in [0.5, 0.6) is 0 Å². The minimum atomic E-state index is -0.772. The topological polar surface area (TPSA) is 71.0 Å². The molecule has 1 fully saturated rings. The van der Waals surface area contributed by atoms with Crippen molar-refractivity contribution < 1.29 is 19.7 Å². The van der Waals surface area contributed by atoms with Crippen molar-refractivity contribution in [3.8, 4) is 0 Å². The molecule has 114 valence electrons. The number of hydrogen-bond acceptors (Lipinski definition) is 5. The Bertz CT molecular complexity index is 242. The molecule has 0 bridgehead atoms. The Morgan fingerprint density at radius 3 is 2.68 bits per heavy atom. The van der Waals surface area contributed by atoms with Gasteiger partial charge in [0.25, 0.3) is 0 Å².